The van der Waals surface area contributed by atoms with Crippen LogP contribution in [-0.2, 0) is 4.79 Å². The van der Waals surface area contributed by atoms with Gasteiger partial charge in [0.1, 0.15) is 12.4 Å². The van der Waals surface area contributed by atoms with Crippen LogP contribution in [0.25, 0.3) is 0 Å². The van der Waals surface area contributed by atoms with Gasteiger partial charge in [-0.2, -0.15) is 10.1 Å². The second-order valence-corrected chi connectivity index (χ2v) is 8.08. The number of ketones is 1. The number of nitrogens with one attached hydrogen (secondary N) is 1. The monoisotopic (exact) mass is 436 g/mol. The maximum Gasteiger partial charge on any atom is 0.226 e. The Morgan fingerprint density at radius 3 is 2.52 bits per heavy atom. The molecule has 1 N–H and O–H groups in total. The minimum absolute atomic E-state index is 0.0268. The normalized spacial score (nSPS) is 20.0. The molecule has 1 aliphatic heterocycles. The first kappa shape index (κ1) is 19.6. The maximum atomic E-state index is 13.4. The van der Waals surface area contributed by atoms with Crippen LogP contribution in [0.2, 0.25) is 5.02 Å². The van der Waals surface area contributed by atoms with Crippen LogP contribution < -0.4 is 14.8 Å². The second kappa shape index (κ2) is 7.74. The number of carbonyl (C=O) groups excluding carboxylic acids is 1. The lowest BCUT2D eigenvalue weighted by Gasteiger charge is -2.35. The number of methoxy groups -OCH3 is 2. The molecule has 2 aliphatic rings. The Balaban J connectivity index is 1.55. The maximum absolute atomic E-state index is 13.4. The minimum Gasteiger partial charge on any atom is -0.493 e. The van der Waals surface area contributed by atoms with Crippen molar-refractivity contribution in [1.82, 2.24) is 14.8 Å². The Labute approximate surface area is 184 Å². The molecule has 0 fully saturated rings. The van der Waals surface area contributed by atoms with Gasteiger partial charge in [0.15, 0.2) is 17.3 Å². The topological polar surface area (TPSA) is 78.3 Å². The van der Waals surface area contributed by atoms with Crippen molar-refractivity contribution >= 4 is 23.3 Å². The first-order valence-corrected chi connectivity index (χ1v) is 10.4. The lowest BCUT2D eigenvalue weighted by molar-refractivity contribution is -0.116. The predicted octanol–water partition coefficient (Wildman–Crippen LogP) is 4.36. The largest absolute Gasteiger partial charge is 0.493 e. The molecule has 7 nitrogen and oxygen atoms in total. The molecular formula is C23H21ClN4O3. The van der Waals surface area contributed by atoms with E-state index in [2.05, 4.69) is 15.4 Å². The third-order valence-electron chi connectivity index (χ3n) is 5.93. The van der Waals surface area contributed by atoms with Crippen molar-refractivity contribution in [2.24, 2.45) is 0 Å². The Hall–Kier alpha value is -3.32. The van der Waals surface area contributed by atoms with Crippen LogP contribution in [0.5, 0.6) is 11.5 Å². The van der Waals surface area contributed by atoms with Crippen molar-refractivity contribution in [3.05, 3.63) is 76.2 Å². The average molecular weight is 437 g/mol. The standard InChI is InChI=1S/C23H21ClN4O3/c1-30-19-8-5-14(11-20(19)31-2)15-9-17-21(18(29)10-15)22(13-3-6-16(24)7-4-13)28-23(27-17)25-12-26-28/h3-8,11-12,15,22H,9-10H2,1-2H3,(H,25,26,27)/t15-,22+/m0/s1. The van der Waals surface area contributed by atoms with E-state index in [1.807, 2.05) is 42.5 Å². The molecule has 2 aromatic carbocycles. The third-order valence-corrected chi connectivity index (χ3v) is 6.18. The fourth-order valence-corrected chi connectivity index (χ4v) is 4.57. The van der Waals surface area contributed by atoms with Crippen LogP contribution in [0, 0.1) is 0 Å². The lowest BCUT2D eigenvalue weighted by atomic mass is 9.78. The highest BCUT2D eigenvalue weighted by Gasteiger charge is 2.39. The number of carbonyl (C=O) groups is 1. The van der Waals surface area contributed by atoms with E-state index in [-0.39, 0.29) is 17.7 Å². The number of Topliss-reactive ketones (excluding diaryl/α,β-unsaturated/α-hetero) is 1. The van der Waals surface area contributed by atoms with Crippen molar-refractivity contribution in [3.8, 4) is 11.5 Å². The number of ether oxygens (including phenoxy) is 2. The fourth-order valence-electron chi connectivity index (χ4n) is 4.45. The van der Waals surface area contributed by atoms with Crippen molar-refractivity contribution in [3.63, 3.8) is 0 Å². The van der Waals surface area contributed by atoms with E-state index < -0.39 is 0 Å². The number of benzene rings is 2. The van der Waals surface area contributed by atoms with Crippen molar-refractivity contribution in [1.29, 1.82) is 0 Å². The molecule has 158 valence electrons. The summed E-state index contributed by atoms with van der Waals surface area (Å²) in [6.45, 7) is 0. The number of anilines is 1. The summed E-state index contributed by atoms with van der Waals surface area (Å²) < 4.78 is 12.6. The summed E-state index contributed by atoms with van der Waals surface area (Å²) in [5.41, 5.74) is 3.60. The van der Waals surface area contributed by atoms with Gasteiger partial charge in [-0.15, -0.1) is 0 Å². The molecule has 3 aromatic rings. The number of nitrogens with zero attached hydrogens (tertiary/aromatic N) is 3. The van der Waals surface area contributed by atoms with Gasteiger partial charge in [-0.05, 0) is 47.7 Å². The van der Waals surface area contributed by atoms with Gasteiger partial charge in [0, 0.05) is 22.7 Å². The second-order valence-electron chi connectivity index (χ2n) is 7.64. The number of allylic oxidation sites excluding steroid dienone is 2. The van der Waals surface area contributed by atoms with Gasteiger partial charge in [-0.1, -0.05) is 29.8 Å². The van der Waals surface area contributed by atoms with E-state index in [1.165, 1.54) is 6.33 Å². The molecule has 31 heavy (non-hydrogen) atoms. The van der Waals surface area contributed by atoms with Gasteiger partial charge in [-0.3, -0.25) is 4.79 Å². The molecule has 0 unspecified atom stereocenters. The van der Waals surface area contributed by atoms with E-state index in [0.717, 1.165) is 22.4 Å². The van der Waals surface area contributed by atoms with Crippen LogP contribution in [-0.4, -0.2) is 34.8 Å². The van der Waals surface area contributed by atoms with E-state index >= 15 is 0 Å². The highest BCUT2D eigenvalue weighted by atomic mass is 35.5. The Morgan fingerprint density at radius 2 is 1.77 bits per heavy atom. The summed E-state index contributed by atoms with van der Waals surface area (Å²) in [5.74, 6) is 2.07. The number of rotatable bonds is 4. The molecule has 0 saturated heterocycles. The van der Waals surface area contributed by atoms with Crippen LogP contribution in [0.3, 0.4) is 0 Å². The van der Waals surface area contributed by atoms with E-state index in [9.17, 15) is 4.79 Å². The Bertz CT molecular complexity index is 1190. The number of hydrogen-bond donors (Lipinski definition) is 1. The van der Waals surface area contributed by atoms with Gasteiger partial charge in [0.2, 0.25) is 5.95 Å². The Kier molecular flexibility index (Phi) is 4.90. The van der Waals surface area contributed by atoms with Gasteiger partial charge in [0.05, 0.1) is 14.2 Å². The number of aromatic nitrogens is 3. The molecule has 2 heterocycles. The number of halogens is 1. The van der Waals surface area contributed by atoms with Gasteiger partial charge < -0.3 is 14.8 Å². The highest BCUT2D eigenvalue weighted by Crippen LogP contribution is 2.44. The van der Waals surface area contributed by atoms with E-state index in [0.29, 0.717) is 35.3 Å². The van der Waals surface area contributed by atoms with Crippen molar-refractivity contribution < 1.29 is 14.3 Å². The van der Waals surface area contributed by atoms with Gasteiger partial charge in [0.25, 0.3) is 0 Å². The minimum atomic E-state index is -0.329. The lowest BCUT2D eigenvalue weighted by Crippen LogP contribution is -2.33. The first-order valence-electron chi connectivity index (χ1n) is 9.99. The Morgan fingerprint density at radius 1 is 1.03 bits per heavy atom. The predicted molar refractivity (Wildman–Crippen MR) is 117 cm³/mol. The highest BCUT2D eigenvalue weighted by molar-refractivity contribution is 6.30. The molecule has 2 atom stereocenters. The number of fused-ring (bicyclic) bond motifs is 1. The summed E-state index contributed by atoms with van der Waals surface area (Å²) >= 11 is 6.08. The van der Waals surface area contributed by atoms with Gasteiger partial charge in [-0.25, -0.2) is 4.68 Å². The average Bonchev–Trinajstić information content (AvgIpc) is 3.26. The zero-order valence-electron chi connectivity index (χ0n) is 17.1. The summed E-state index contributed by atoms with van der Waals surface area (Å²) in [7, 11) is 3.22. The van der Waals surface area contributed by atoms with Crippen LogP contribution in [0.4, 0.5) is 5.95 Å². The quantitative estimate of drug-likeness (QED) is 0.654. The van der Waals surface area contributed by atoms with Crippen LogP contribution in [0.1, 0.15) is 35.9 Å². The molecule has 0 spiro atoms. The molecule has 0 bridgehead atoms. The zero-order chi connectivity index (χ0) is 21.5. The van der Waals surface area contributed by atoms with E-state index in [4.69, 9.17) is 21.1 Å². The molecule has 1 aromatic heterocycles. The zero-order valence-corrected chi connectivity index (χ0v) is 17.9. The molecule has 8 heteroatoms. The van der Waals surface area contributed by atoms with E-state index in [1.54, 1.807) is 18.9 Å². The van der Waals surface area contributed by atoms with Crippen LogP contribution in [0.15, 0.2) is 60.1 Å². The van der Waals surface area contributed by atoms with Crippen molar-refractivity contribution in [2.75, 3.05) is 19.5 Å². The molecule has 0 radical (unpaired) electrons. The smallest absolute Gasteiger partial charge is 0.226 e. The molecule has 1 aliphatic carbocycles. The fraction of sp³-hybridized carbons (Fsp3) is 0.261. The molecular weight excluding hydrogens is 416 g/mol. The van der Waals surface area contributed by atoms with Crippen molar-refractivity contribution in [2.45, 2.75) is 24.8 Å². The molecule has 0 amide bonds. The van der Waals surface area contributed by atoms with Crippen LogP contribution >= 0.6 is 11.6 Å². The summed E-state index contributed by atoms with van der Waals surface area (Å²) in [6.07, 6.45) is 2.59. The summed E-state index contributed by atoms with van der Waals surface area (Å²) in [6, 6.07) is 13.0. The summed E-state index contributed by atoms with van der Waals surface area (Å²) in [5, 5.41) is 8.36. The SMILES string of the molecule is COc1ccc([C@@H]2CC(=O)C3=C(C2)Nc2ncnn2[C@@H]3c2ccc(Cl)cc2)cc1OC. The number of hydrogen-bond acceptors (Lipinski definition) is 6. The molecule has 5 rings (SSSR count). The summed E-state index contributed by atoms with van der Waals surface area (Å²) in [4.78, 5) is 17.8. The van der Waals surface area contributed by atoms with Gasteiger partial charge >= 0.3 is 0 Å². The first-order chi connectivity index (χ1) is 15.1. The third kappa shape index (κ3) is 3.35. The molecule has 0 saturated carbocycles.